The molecule has 248 valence electrons. The number of aryl methyl sites for hydroxylation is 3. The Morgan fingerprint density at radius 1 is 0.979 bits per heavy atom. The molecule has 48 heavy (non-hydrogen) atoms. The van der Waals surface area contributed by atoms with E-state index in [0.29, 0.717) is 61.9 Å². The summed E-state index contributed by atoms with van der Waals surface area (Å²) in [6.45, 7) is 2.62. The second-order valence-electron chi connectivity index (χ2n) is 12.0. The molecular weight excluding hydrogens is 651 g/mol. The van der Waals surface area contributed by atoms with Gasteiger partial charge in [0, 0.05) is 54.5 Å². The topological polar surface area (TPSA) is 120 Å². The van der Waals surface area contributed by atoms with Crippen molar-refractivity contribution in [1.29, 1.82) is 0 Å². The number of carbonyl (C=O) groups excluding carboxylic acids is 1. The van der Waals surface area contributed by atoms with Crippen LogP contribution < -0.4 is 26.6 Å². The zero-order valence-electron chi connectivity index (χ0n) is 27.2. The second-order valence-corrected chi connectivity index (χ2v) is 12.7. The van der Waals surface area contributed by atoms with E-state index in [2.05, 4.69) is 21.7 Å². The maximum absolute atomic E-state index is 13.2. The molecule has 3 aromatic heterocycles. The van der Waals surface area contributed by atoms with Crippen LogP contribution in [0.1, 0.15) is 48.5 Å². The fraction of sp³-hybridized carbons (Fsp3) is 0.306. The van der Waals surface area contributed by atoms with Crippen LogP contribution in [0.15, 0.2) is 58.1 Å². The third-order valence-corrected chi connectivity index (χ3v) is 9.70. The van der Waals surface area contributed by atoms with Gasteiger partial charge in [0.05, 0.1) is 34.1 Å². The summed E-state index contributed by atoms with van der Waals surface area (Å²) in [6, 6.07) is 15.2. The first-order valence-corrected chi connectivity index (χ1v) is 16.6. The van der Waals surface area contributed by atoms with Gasteiger partial charge < -0.3 is 20.2 Å². The van der Waals surface area contributed by atoms with Crippen LogP contribution >= 0.6 is 23.2 Å². The Hall–Kier alpha value is -4.51. The van der Waals surface area contributed by atoms with Crippen LogP contribution in [0.4, 0.5) is 11.5 Å². The van der Waals surface area contributed by atoms with Crippen LogP contribution in [0.25, 0.3) is 33.3 Å². The Bertz CT molecular complexity index is 2180. The summed E-state index contributed by atoms with van der Waals surface area (Å²) in [7, 11) is 4.69. The number of ether oxygens (including phenoxy) is 1. The first-order valence-electron chi connectivity index (χ1n) is 15.8. The largest absolute Gasteiger partial charge is 0.481 e. The number of methoxy groups -OCH3 is 1. The van der Waals surface area contributed by atoms with Crippen molar-refractivity contribution >= 4 is 51.9 Å². The van der Waals surface area contributed by atoms with Gasteiger partial charge in [0.15, 0.2) is 0 Å². The van der Waals surface area contributed by atoms with E-state index in [1.165, 1.54) is 11.6 Å². The Balaban J connectivity index is 1.35. The molecule has 0 bridgehead atoms. The van der Waals surface area contributed by atoms with Crippen LogP contribution in [-0.2, 0) is 25.3 Å². The van der Waals surface area contributed by atoms with Crippen molar-refractivity contribution in [2.45, 2.75) is 45.1 Å². The van der Waals surface area contributed by atoms with Gasteiger partial charge in [-0.1, -0.05) is 53.5 Å². The number of anilines is 2. The fourth-order valence-electron chi connectivity index (χ4n) is 6.44. The lowest BCUT2D eigenvalue weighted by atomic mass is 9.99. The van der Waals surface area contributed by atoms with E-state index in [9.17, 15) is 14.4 Å². The lowest BCUT2D eigenvalue weighted by Crippen LogP contribution is -2.37. The van der Waals surface area contributed by atoms with Gasteiger partial charge >= 0.3 is 5.69 Å². The number of hydrogen-bond acceptors (Lipinski definition) is 8. The lowest BCUT2D eigenvalue weighted by molar-refractivity contribution is -0.107. The molecule has 1 atom stereocenters. The van der Waals surface area contributed by atoms with Crippen molar-refractivity contribution in [3.8, 4) is 28.3 Å². The molecule has 0 fully saturated rings. The smallest absolute Gasteiger partial charge is 0.330 e. The summed E-state index contributed by atoms with van der Waals surface area (Å²) in [5.74, 6) is 0.862. The molecule has 10 nitrogen and oxygen atoms in total. The summed E-state index contributed by atoms with van der Waals surface area (Å²) < 4.78 is 8.28. The maximum Gasteiger partial charge on any atom is 0.330 e. The van der Waals surface area contributed by atoms with Crippen molar-refractivity contribution in [2.75, 3.05) is 19.0 Å². The van der Waals surface area contributed by atoms with E-state index in [-0.39, 0.29) is 11.4 Å². The molecule has 0 radical (unpaired) electrons. The molecule has 1 unspecified atom stereocenters. The van der Waals surface area contributed by atoms with Gasteiger partial charge in [0.2, 0.25) is 5.88 Å². The number of pyridine rings is 2. The van der Waals surface area contributed by atoms with Crippen LogP contribution in [-0.4, -0.2) is 39.0 Å². The maximum atomic E-state index is 13.2. The van der Waals surface area contributed by atoms with Gasteiger partial charge in [-0.05, 0) is 62.9 Å². The molecule has 0 saturated carbocycles. The zero-order valence-corrected chi connectivity index (χ0v) is 28.7. The highest BCUT2D eigenvalue weighted by Crippen LogP contribution is 2.44. The van der Waals surface area contributed by atoms with Gasteiger partial charge in [-0.15, -0.1) is 0 Å². The van der Waals surface area contributed by atoms with Crippen molar-refractivity contribution in [3.63, 3.8) is 0 Å². The number of nitrogens with zero attached hydrogens (tertiary/aromatic N) is 4. The minimum Gasteiger partial charge on any atom is -0.481 e. The standard InChI is InChI=1S/C36H36Cl2N6O4/c1-20-18-28-30(35(46)44(3)36(47)43(28)2)33(40-20)41-26-13-9-11-23(32(26)38)22-10-8-12-24(31(22)37)27-19-21-14-15-25(29(21)34(42-27)48-4)39-16-6-5-7-17-45/h8-13,17-19,25,39H,5-7,14-16H2,1-4H3,(H,40,41). The van der Waals surface area contributed by atoms with Gasteiger partial charge in [0.25, 0.3) is 5.56 Å². The third kappa shape index (κ3) is 6.11. The Morgan fingerprint density at radius 3 is 2.46 bits per heavy atom. The van der Waals surface area contributed by atoms with Crippen LogP contribution in [0.5, 0.6) is 5.88 Å². The lowest BCUT2D eigenvalue weighted by Gasteiger charge is -2.18. The summed E-state index contributed by atoms with van der Waals surface area (Å²) in [4.78, 5) is 46.0. The number of rotatable bonds is 11. The molecule has 2 N–H and O–H groups in total. The summed E-state index contributed by atoms with van der Waals surface area (Å²) in [5.41, 5.74) is 5.79. The molecule has 3 heterocycles. The van der Waals surface area contributed by atoms with E-state index in [1.54, 1.807) is 33.2 Å². The zero-order chi connectivity index (χ0) is 34.1. The van der Waals surface area contributed by atoms with E-state index in [4.69, 9.17) is 32.9 Å². The van der Waals surface area contributed by atoms with Gasteiger partial charge in [0.1, 0.15) is 17.5 Å². The predicted molar refractivity (Wildman–Crippen MR) is 191 cm³/mol. The molecule has 0 saturated heterocycles. The first-order chi connectivity index (χ1) is 23.1. The number of halogens is 2. The summed E-state index contributed by atoms with van der Waals surface area (Å²) in [5, 5.41) is 8.00. The summed E-state index contributed by atoms with van der Waals surface area (Å²) in [6.07, 6.45) is 5.14. The van der Waals surface area contributed by atoms with Crippen LogP contribution in [0.2, 0.25) is 10.0 Å². The minimum atomic E-state index is -0.458. The highest BCUT2D eigenvalue weighted by molar-refractivity contribution is 6.39. The fourth-order valence-corrected chi connectivity index (χ4v) is 7.04. The number of nitrogens with one attached hydrogen (secondary N) is 2. The van der Waals surface area contributed by atoms with E-state index >= 15 is 0 Å². The quantitative estimate of drug-likeness (QED) is 0.117. The monoisotopic (exact) mass is 686 g/mol. The average Bonchev–Trinajstić information content (AvgIpc) is 3.49. The SMILES string of the molecule is COc1nc(-c2cccc(-c3cccc(Nc4nc(C)cc5c4c(=O)n(C)c(=O)n5C)c3Cl)c2Cl)cc2c1C(NCCCCC=O)CC2. The highest BCUT2D eigenvalue weighted by atomic mass is 35.5. The Kier molecular flexibility index (Phi) is 9.68. The molecule has 6 rings (SSSR count). The Morgan fingerprint density at radius 2 is 1.71 bits per heavy atom. The number of unbranched alkanes of at least 4 members (excludes halogenated alkanes) is 2. The van der Waals surface area contributed by atoms with E-state index < -0.39 is 11.2 Å². The van der Waals surface area contributed by atoms with E-state index in [0.717, 1.165) is 59.8 Å². The average molecular weight is 688 g/mol. The molecule has 0 aliphatic heterocycles. The van der Waals surface area contributed by atoms with E-state index in [1.807, 2.05) is 30.3 Å². The van der Waals surface area contributed by atoms with Gasteiger partial charge in [-0.25, -0.2) is 14.8 Å². The van der Waals surface area contributed by atoms with Crippen molar-refractivity contribution in [1.82, 2.24) is 24.4 Å². The normalized spacial score (nSPS) is 13.9. The number of benzene rings is 2. The number of hydrogen-bond donors (Lipinski definition) is 2. The molecule has 12 heteroatoms. The highest BCUT2D eigenvalue weighted by Gasteiger charge is 2.28. The third-order valence-electron chi connectivity index (χ3n) is 8.89. The predicted octanol–water partition coefficient (Wildman–Crippen LogP) is 6.67. The van der Waals surface area contributed by atoms with Crippen LogP contribution in [0, 0.1) is 6.92 Å². The van der Waals surface area contributed by atoms with Crippen LogP contribution in [0.3, 0.4) is 0 Å². The number of carbonyl (C=O) groups is 1. The van der Waals surface area contributed by atoms with Gasteiger partial charge in [-0.3, -0.25) is 13.9 Å². The Labute approximate surface area is 287 Å². The molecule has 0 spiro atoms. The number of fused-ring (bicyclic) bond motifs is 2. The first kappa shape index (κ1) is 33.4. The number of aldehydes is 1. The van der Waals surface area contributed by atoms with Crippen molar-refractivity contribution in [3.05, 3.63) is 96.2 Å². The van der Waals surface area contributed by atoms with Gasteiger partial charge in [-0.2, -0.15) is 0 Å². The molecule has 0 amide bonds. The van der Waals surface area contributed by atoms with Crippen molar-refractivity contribution < 1.29 is 9.53 Å². The molecule has 5 aromatic rings. The second kappa shape index (κ2) is 13.9. The molecule has 2 aromatic carbocycles. The molecule has 1 aliphatic carbocycles. The number of aromatic nitrogens is 4. The van der Waals surface area contributed by atoms with Crippen molar-refractivity contribution in [2.24, 2.45) is 14.1 Å². The minimum absolute atomic E-state index is 0.133. The molecular formula is C36H36Cl2N6O4. The molecule has 1 aliphatic rings. The summed E-state index contributed by atoms with van der Waals surface area (Å²) >= 11 is 14.2.